The molecule has 0 aromatic heterocycles. The lowest BCUT2D eigenvalue weighted by molar-refractivity contribution is 0.309. The van der Waals surface area contributed by atoms with Gasteiger partial charge < -0.3 is 9.47 Å². The topological polar surface area (TPSA) is 18.5 Å². The van der Waals surface area contributed by atoms with E-state index >= 15 is 0 Å². The fraction of sp³-hybridized carbons (Fsp3) is 0.357. The van der Waals surface area contributed by atoms with Crippen molar-refractivity contribution < 1.29 is 9.47 Å². The molecule has 6 aromatic rings. The Morgan fingerprint density at radius 2 is 0.552 bits per heavy atom. The Labute approximate surface area is 351 Å². The van der Waals surface area contributed by atoms with Crippen LogP contribution in [-0.2, 0) is 0 Å². The molecule has 0 heterocycles. The van der Waals surface area contributed by atoms with E-state index in [-0.39, 0.29) is 23.7 Å². The summed E-state index contributed by atoms with van der Waals surface area (Å²) in [6.07, 6.45) is 2.01. The van der Waals surface area contributed by atoms with Gasteiger partial charge >= 0.3 is 0 Å². The average molecular weight is 773 g/mol. The third-order valence-electron chi connectivity index (χ3n) is 11.6. The molecule has 0 saturated heterocycles. The number of ether oxygens (including phenoxy) is 2. The third-order valence-corrected chi connectivity index (χ3v) is 11.6. The molecule has 0 spiro atoms. The summed E-state index contributed by atoms with van der Waals surface area (Å²) in [7, 11) is 0. The van der Waals surface area contributed by atoms with Crippen molar-refractivity contribution in [3.8, 4) is 11.5 Å². The Kier molecular flexibility index (Phi) is 16.4. The zero-order valence-electron chi connectivity index (χ0n) is 37.0. The zero-order chi connectivity index (χ0) is 41.6. The van der Waals surface area contributed by atoms with Gasteiger partial charge in [0.15, 0.2) is 0 Å². The van der Waals surface area contributed by atoms with Crippen molar-refractivity contribution in [2.75, 3.05) is 13.2 Å². The molecule has 0 aliphatic carbocycles. The van der Waals surface area contributed by atoms with Crippen LogP contribution in [0.25, 0.3) is 0 Å². The molecule has 0 bridgehead atoms. The predicted molar refractivity (Wildman–Crippen MR) is 248 cm³/mol. The standard InChI is InChI=1S/2C28H34O/c2*1-6-17-29-28-26(21(4)23-13-9-7-10-14-23)18-25(20(2)3)19-27(28)22(5)24-15-11-8-12-16-24/h2*7-16,18-22H,6,17H2,1-5H3. The summed E-state index contributed by atoms with van der Waals surface area (Å²) in [5, 5.41) is 0. The molecule has 0 radical (unpaired) electrons. The number of rotatable bonds is 16. The lowest BCUT2D eigenvalue weighted by Gasteiger charge is -2.26. The highest BCUT2D eigenvalue weighted by atomic mass is 16.5. The van der Waals surface area contributed by atoms with Crippen molar-refractivity contribution in [3.05, 3.63) is 201 Å². The van der Waals surface area contributed by atoms with Crippen LogP contribution in [-0.4, -0.2) is 13.2 Å². The molecule has 6 aromatic carbocycles. The van der Waals surface area contributed by atoms with Crippen LogP contribution in [0.5, 0.6) is 11.5 Å². The molecule has 0 aliphatic rings. The highest BCUT2D eigenvalue weighted by molar-refractivity contribution is 5.55. The van der Waals surface area contributed by atoms with Crippen LogP contribution in [0, 0.1) is 0 Å². The largest absolute Gasteiger partial charge is 0.493 e. The van der Waals surface area contributed by atoms with Gasteiger partial charge in [-0.1, -0.05) is 215 Å². The smallest absolute Gasteiger partial charge is 0.126 e. The molecule has 0 fully saturated rings. The maximum Gasteiger partial charge on any atom is 0.126 e. The molecule has 2 heteroatoms. The maximum atomic E-state index is 6.44. The quantitative estimate of drug-likeness (QED) is 0.0975. The number of hydrogen-bond donors (Lipinski definition) is 0. The van der Waals surface area contributed by atoms with Crippen LogP contribution >= 0.6 is 0 Å². The van der Waals surface area contributed by atoms with Gasteiger partial charge in [-0.2, -0.15) is 0 Å². The minimum absolute atomic E-state index is 0.281. The van der Waals surface area contributed by atoms with E-state index in [2.05, 4.69) is 215 Å². The van der Waals surface area contributed by atoms with Crippen molar-refractivity contribution >= 4 is 0 Å². The molecule has 304 valence electrons. The Hall–Kier alpha value is -5.08. The van der Waals surface area contributed by atoms with Gasteiger partial charge in [0, 0.05) is 45.9 Å². The summed E-state index contributed by atoms with van der Waals surface area (Å²) >= 11 is 0. The number of hydrogen-bond acceptors (Lipinski definition) is 2. The first kappa shape index (κ1) is 44.0. The second-order valence-corrected chi connectivity index (χ2v) is 16.6. The minimum Gasteiger partial charge on any atom is -0.493 e. The summed E-state index contributed by atoms with van der Waals surface area (Å²) in [6.45, 7) is 24.1. The summed E-state index contributed by atoms with van der Waals surface area (Å²) in [5.41, 5.74) is 13.3. The van der Waals surface area contributed by atoms with E-state index in [0.29, 0.717) is 11.8 Å². The summed E-state index contributed by atoms with van der Waals surface area (Å²) in [5.74, 6) is 4.21. The first-order chi connectivity index (χ1) is 28.0. The molecule has 0 amide bonds. The van der Waals surface area contributed by atoms with Crippen molar-refractivity contribution in [2.24, 2.45) is 0 Å². The molecule has 58 heavy (non-hydrogen) atoms. The Bertz CT molecular complexity index is 1810. The average Bonchev–Trinajstić information content (AvgIpc) is 3.27. The molecular formula is C56H68O2. The third kappa shape index (κ3) is 11.1. The van der Waals surface area contributed by atoms with E-state index in [1.54, 1.807) is 0 Å². The lowest BCUT2D eigenvalue weighted by Crippen LogP contribution is -2.10. The Balaban J connectivity index is 0.000000221. The van der Waals surface area contributed by atoms with Gasteiger partial charge in [-0.3, -0.25) is 0 Å². The van der Waals surface area contributed by atoms with Crippen molar-refractivity contribution in [1.82, 2.24) is 0 Å². The molecule has 0 N–H and O–H groups in total. The Morgan fingerprint density at radius 3 is 0.741 bits per heavy atom. The van der Waals surface area contributed by atoms with Gasteiger partial charge in [0.1, 0.15) is 11.5 Å². The van der Waals surface area contributed by atoms with E-state index in [1.807, 2.05) is 0 Å². The minimum atomic E-state index is 0.281. The SMILES string of the molecule is CCCOc1c(C(C)c2ccccc2)cc(C(C)C)cc1C(C)c1ccccc1.CCCOc1c(C(C)c2ccccc2)cc(C(C)C)cc1C(C)c1ccccc1. The van der Waals surface area contributed by atoms with Gasteiger partial charge in [0.05, 0.1) is 13.2 Å². The van der Waals surface area contributed by atoms with E-state index in [4.69, 9.17) is 9.47 Å². The summed E-state index contributed by atoms with van der Waals surface area (Å²) in [6, 6.07) is 52.5. The first-order valence-electron chi connectivity index (χ1n) is 21.9. The normalized spacial score (nSPS) is 13.3. The summed E-state index contributed by atoms with van der Waals surface area (Å²) in [4.78, 5) is 0. The monoisotopic (exact) mass is 773 g/mol. The second kappa shape index (κ2) is 21.6. The van der Waals surface area contributed by atoms with Crippen molar-refractivity contribution in [1.29, 1.82) is 0 Å². The first-order valence-corrected chi connectivity index (χ1v) is 21.9. The van der Waals surface area contributed by atoms with Crippen LogP contribution in [0.2, 0.25) is 0 Å². The fourth-order valence-electron chi connectivity index (χ4n) is 7.78. The van der Waals surface area contributed by atoms with Gasteiger partial charge in [-0.25, -0.2) is 0 Å². The van der Waals surface area contributed by atoms with Crippen molar-refractivity contribution in [3.63, 3.8) is 0 Å². The van der Waals surface area contributed by atoms with Crippen LogP contribution in [0.4, 0.5) is 0 Å². The molecular weight excluding hydrogens is 705 g/mol. The molecule has 6 rings (SSSR count). The molecule has 0 saturated carbocycles. The van der Waals surface area contributed by atoms with E-state index < -0.39 is 0 Å². The van der Waals surface area contributed by atoms with Gasteiger partial charge in [0.25, 0.3) is 0 Å². The second-order valence-electron chi connectivity index (χ2n) is 16.6. The highest BCUT2D eigenvalue weighted by Gasteiger charge is 2.25. The molecule has 0 aliphatic heterocycles. The maximum absolute atomic E-state index is 6.44. The van der Waals surface area contributed by atoms with E-state index in [1.165, 1.54) is 55.6 Å². The van der Waals surface area contributed by atoms with Crippen molar-refractivity contribution in [2.45, 2.75) is 118 Å². The van der Waals surface area contributed by atoms with Gasteiger partial charge in [-0.05, 0) is 58.1 Å². The van der Waals surface area contributed by atoms with Crippen LogP contribution in [0.1, 0.15) is 173 Å². The van der Waals surface area contributed by atoms with Crippen LogP contribution in [0.3, 0.4) is 0 Å². The van der Waals surface area contributed by atoms with E-state index in [0.717, 1.165) is 37.6 Å². The van der Waals surface area contributed by atoms with Crippen LogP contribution in [0.15, 0.2) is 146 Å². The molecule has 4 unspecified atom stereocenters. The zero-order valence-corrected chi connectivity index (χ0v) is 37.0. The lowest BCUT2D eigenvalue weighted by atomic mass is 9.83. The predicted octanol–water partition coefficient (Wildman–Crippen LogP) is 15.8. The Morgan fingerprint density at radius 1 is 0.328 bits per heavy atom. The van der Waals surface area contributed by atoms with Gasteiger partial charge in [-0.15, -0.1) is 0 Å². The van der Waals surface area contributed by atoms with Crippen LogP contribution < -0.4 is 9.47 Å². The summed E-state index contributed by atoms with van der Waals surface area (Å²) < 4.78 is 12.9. The van der Waals surface area contributed by atoms with E-state index in [9.17, 15) is 0 Å². The van der Waals surface area contributed by atoms with Gasteiger partial charge in [0.2, 0.25) is 0 Å². The fourth-order valence-corrected chi connectivity index (χ4v) is 7.78. The molecule has 4 atom stereocenters. The molecule has 2 nitrogen and oxygen atoms in total. The number of benzene rings is 6. The highest BCUT2D eigenvalue weighted by Crippen LogP contribution is 2.43.